The molecule has 0 aromatic carbocycles. The fraction of sp³-hybridized carbons (Fsp3) is 0. The Balaban J connectivity index is 2.54. The van der Waals surface area contributed by atoms with Crippen LogP contribution in [-0.4, -0.2) is 15.0 Å². The van der Waals surface area contributed by atoms with Gasteiger partial charge in [0.1, 0.15) is 6.20 Å². The quantitative estimate of drug-likeness (QED) is 0.456. The molecule has 0 fully saturated rings. The number of aromatic nitrogens is 4. The molecule has 5 nitrogen and oxygen atoms in total. The Kier molecular flexibility index (Phi) is 1.84. The Morgan fingerprint density at radius 1 is 1.15 bits per heavy atom. The summed E-state index contributed by atoms with van der Waals surface area (Å²) in [5, 5.41) is 11.2. The molecule has 0 spiro atoms. The van der Waals surface area contributed by atoms with E-state index in [0.29, 0.717) is 16.2 Å². The van der Waals surface area contributed by atoms with Crippen LogP contribution in [-0.2, 0) is 0 Å². The summed E-state index contributed by atoms with van der Waals surface area (Å²) in [5.41, 5.74) is 0.399. The predicted octanol–water partition coefficient (Wildman–Crippen LogP) is 0.172. The summed E-state index contributed by atoms with van der Waals surface area (Å²) in [4.78, 5) is 11.6. The lowest BCUT2D eigenvalue weighted by Crippen LogP contribution is -2.29. The van der Waals surface area contributed by atoms with Gasteiger partial charge in [-0.15, -0.1) is 0 Å². The molecule has 0 aliphatic carbocycles. The molecule has 13 heavy (non-hydrogen) atoms. The van der Waals surface area contributed by atoms with Crippen molar-refractivity contribution >= 4 is 0 Å². The SMILES string of the molecule is [O-][n+]1cnccc1-c1ncccn1. The van der Waals surface area contributed by atoms with Crippen LogP contribution in [0.5, 0.6) is 0 Å². The number of hydrogen-bond donors (Lipinski definition) is 0. The highest BCUT2D eigenvalue weighted by Crippen LogP contribution is 2.05. The molecule has 0 amide bonds. The fourth-order valence-electron chi connectivity index (χ4n) is 0.953. The Hall–Kier alpha value is -2.04. The second-order valence-electron chi connectivity index (χ2n) is 2.36. The maximum atomic E-state index is 11.2. The molecule has 2 aromatic heterocycles. The van der Waals surface area contributed by atoms with Crippen LogP contribution in [0.2, 0.25) is 0 Å². The van der Waals surface area contributed by atoms with E-state index in [0.717, 1.165) is 0 Å². The normalized spacial score (nSPS) is 9.85. The molecular formula is C8H6N4O. The second-order valence-corrected chi connectivity index (χ2v) is 2.36. The molecule has 0 radical (unpaired) electrons. The van der Waals surface area contributed by atoms with E-state index in [2.05, 4.69) is 15.0 Å². The first-order valence-corrected chi connectivity index (χ1v) is 3.68. The minimum absolute atomic E-state index is 0.399. The summed E-state index contributed by atoms with van der Waals surface area (Å²) < 4.78 is 0.634. The average Bonchev–Trinajstić information content (AvgIpc) is 2.20. The van der Waals surface area contributed by atoms with E-state index < -0.39 is 0 Å². The van der Waals surface area contributed by atoms with E-state index in [1.807, 2.05) is 0 Å². The first-order valence-electron chi connectivity index (χ1n) is 3.68. The maximum absolute atomic E-state index is 11.2. The average molecular weight is 174 g/mol. The Morgan fingerprint density at radius 2 is 1.92 bits per heavy atom. The van der Waals surface area contributed by atoms with Crippen molar-refractivity contribution in [2.24, 2.45) is 0 Å². The molecule has 0 saturated carbocycles. The smallest absolute Gasteiger partial charge is 0.289 e. The highest BCUT2D eigenvalue weighted by Gasteiger charge is 2.05. The molecule has 2 aromatic rings. The summed E-state index contributed by atoms with van der Waals surface area (Å²) in [6, 6.07) is 3.27. The first kappa shape index (κ1) is 7.60. The van der Waals surface area contributed by atoms with Crippen molar-refractivity contribution in [3.05, 3.63) is 42.3 Å². The molecule has 5 heteroatoms. The molecule has 2 heterocycles. The zero-order valence-electron chi connectivity index (χ0n) is 6.66. The van der Waals surface area contributed by atoms with E-state index in [1.54, 1.807) is 24.5 Å². The van der Waals surface area contributed by atoms with Crippen molar-refractivity contribution in [3.8, 4) is 11.5 Å². The predicted molar refractivity (Wildman–Crippen MR) is 44.2 cm³/mol. The van der Waals surface area contributed by atoms with Crippen LogP contribution < -0.4 is 4.73 Å². The standard InChI is InChI=1S/C8H6N4O/c13-12-6-9-5-2-7(12)8-10-3-1-4-11-8/h1-6H. The molecule has 0 saturated heterocycles. The lowest BCUT2D eigenvalue weighted by Gasteiger charge is -2.04. The molecule has 64 valence electrons. The van der Waals surface area contributed by atoms with Crippen LogP contribution in [0.4, 0.5) is 0 Å². The van der Waals surface area contributed by atoms with E-state index >= 15 is 0 Å². The van der Waals surface area contributed by atoms with Crippen LogP contribution >= 0.6 is 0 Å². The van der Waals surface area contributed by atoms with Crippen LogP contribution in [0.1, 0.15) is 0 Å². The molecule has 2 rings (SSSR count). The van der Waals surface area contributed by atoms with E-state index in [4.69, 9.17) is 0 Å². The number of rotatable bonds is 1. The largest absolute Gasteiger partial charge is 0.710 e. The number of hydrogen-bond acceptors (Lipinski definition) is 4. The van der Waals surface area contributed by atoms with Gasteiger partial charge in [-0.05, 0) is 6.07 Å². The summed E-state index contributed by atoms with van der Waals surface area (Å²) >= 11 is 0. The highest BCUT2D eigenvalue weighted by molar-refractivity contribution is 5.42. The van der Waals surface area contributed by atoms with Crippen molar-refractivity contribution in [3.63, 3.8) is 0 Å². The minimum Gasteiger partial charge on any atom is -0.710 e. The van der Waals surface area contributed by atoms with Crippen LogP contribution in [0.25, 0.3) is 11.5 Å². The molecule has 0 bridgehead atoms. The van der Waals surface area contributed by atoms with Crippen molar-refractivity contribution in [2.75, 3.05) is 0 Å². The summed E-state index contributed by atoms with van der Waals surface area (Å²) in [7, 11) is 0. The Labute approximate surface area is 74.3 Å². The van der Waals surface area contributed by atoms with Gasteiger partial charge in [-0.2, -0.15) is 0 Å². The van der Waals surface area contributed by atoms with Gasteiger partial charge in [-0.25, -0.2) is 14.7 Å². The maximum Gasteiger partial charge on any atom is 0.289 e. The van der Waals surface area contributed by atoms with Gasteiger partial charge in [0.05, 0.1) is 0 Å². The van der Waals surface area contributed by atoms with Gasteiger partial charge in [0.2, 0.25) is 5.82 Å². The van der Waals surface area contributed by atoms with Gasteiger partial charge >= 0.3 is 0 Å². The summed E-state index contributed by atoms with van der Waals surface area (Å²) in [6.45, 7) is 0. The Bertz CT molecular complexity index is 404. The van der Waals surface area contributed by atoms with Gasteiger partial charge in [-0.3, -0.25) is 0 Å². The van der Waals surface area contributed by atoms with Gasteiger partial charge in [-0.1, -0.05) is 4.98 Å². The van der Waals surface area contributed by atoms with Gasteiger partial charge in [0, 0.05) is 18.5 Å². The molecule has 0 aliphatic rings. The molecular weight excluding hydrogens is 168 g/mol. The number of nitrogens with zero attached hydrogens (tertiary/aromatic N) is 4. The molecule has 0 unspecified atom stereocenters. The summed E-state index contributed by atoms with van der Waals surface area (Å²) in [5.74, 6) is 0.403. The van der Waals surface area contributed by atoms with Gasteiger partial charge in [0.15, 0.2) is 5.69 Å². The molecule has 0 atom stereocenters. The molecule has 0 N–H and O–H groups in total. The zero-order chi connectivity index (χ0) is 9.10. The lowest BCUT2D eigenvalue weighted by molar-refractivity contribution is -0.597. The van der Waals surface area contributed by atoms with E-state index in [9.17, 15) is 5.21 Å². The molecule has 0 aliphatic heterocycles. The van der Waals surface area contributed by atoms with Crippen molar-refractivity contribution in [2.45, 2.75) is 0 Å². The van der Waals surface area contributed by atoms with Crippen molar-refractivity contribution < 1.29 is 4.73 Å². The highest BCUT2D eigenvalue weighted by atomic mass is 16.5. The third-order valence-corrected chi connectivity index (χ3v) is 1.52. The second kappa shape index (κ2) is 3.14. The van der Waals surface area contributed by atoms with E-state index in [1.165, 1.54) is 12.5 Å². The van der Waals surface area contributed by atoms with Crippen molar-refractivity contribution in [1.29, 1.82) is 0 Å². The Morgan fingerprint density at radius 3 is 2.62 bits per heavy atom. The van der Waals surface area contributed by atoms with Crippen LogP contribution in [0.3, 0.4) is 0 Å². The first-order chi connectivity index (χ1) is 6.38. The topological polar surface area (TPSA) is 65.6 Å². The van der Waals surface area contributed by atoms with E-state index in [-0.39, 0.29) is 0 Å². The minimum atomic E-state index is 0.399. The third-order valence-electron chi connectivity index (χ3n) is 1.52. The van der Waals surface area contributed by atoms with Gasteiger partial charge < -0.3 is 5.21 Å². The lowest BCUT2D eigenvalue weighted by atomic mass is 10.4. The van der Waals surface area contributed by atoms with Gasteiger partial charge in [0.25, 0.3) is 6.33 Å². The summed E-state index contributed by atoms with van der Waals surface area (Å²) in [6.07, 6.45) is 5.87. The third kappa shape index (κ3) is 1.44. The fourth-order valence-corrected chi connectivity index (χ4v) is 0.953. The monoisotopic (exact) mass is 174 g/mol. The van der Waals surface area contributed by atoms with Crippen LogP contribution in [0, 0.1) is 5.21 Å². The zero-order valence-corrected chi connectivity index (χ0v) is 6.66. The van der Waals surface area contributed by atoms with Crippen LogP contribution in [0.15, 0.2) is 37.1 Å². The van der Waals surface area contributed by atoms with Crippen molar-refractivity contribution in [1.82, 2.24) is 15.0 Å².